The summed E-state index contributed by atoms with van der Waals surface area (Å²) in [4.78, 5) is 116. The Bertz CT molecular complexity index is 2550. The van der Waals surface area contributed by atoms with Gasteiger partial charge in [0.05, 0.1) is 25.9 Å². The Kier molecular flexibility index (Phi) is 40.4. The number of unbranched alkanes of at least 4 members (excludes halogenated alkanes) is 15. The third-order valence-electron chi connectivity index (χ3n) is 18.7. The zero-order valence-corrected chi connectivity index (χ0v) is 59.6. The van der Waals surface area contributed by atoms with Gasteiger partial charge in [-0.3, -0.25) is 43.2 Å². The molecule has 34 heteroatoms. The number of carbonyl (C=O) groups is 9. The summed E-state index contributed by atoms with van der Waals surface area (Å²) < 4.78 is 40.1. The highest BCUT2D eigenvalue weighted by Crippen LogP contribution is 2.48. The highest BCUT2D eigenvalue weighted by Gasteiger charge is 2.61. The van der Waals surface area contributed by atoms with Crippen molar-refractivity contribution in [2.45, 2.75) is 310 Å². The summed E-state index contributed by atoms with van der Waals surface area (Å²) in [6.45, 7) is 4.53. The summed E-state index contributed by atoms with van der Waals surface area (Å²) in [5.74, 6) is -4.06. The molecule has 18 N–H and O–H groups in total. The van der Waals surface area contributed by atoms with Gasteiger partial charge in [0.2, 0.25) is 53.2 Å². The van der Waals surface area contributed by atoms with Gasteiger partial charge >= 0.3 is 0 Å². The van der Waals surface area contributed by atoms with E-state index in [1.807, 2.05) is 0 Å². The molecule has 5 fully saturated rings. The fourth-order valence-electron chi connectivity index (χ4n) is 12.7. The molecule has 586 valence electrons. The Labute approximate surface area is 597 Å². The first-order chi connectivity index (χ1) is 48.9. The number of ether oxygens (including phenoxy) is 7. The first kappa shape index (κ1) is 87.2. The number of carbonyl (C=O) groups excluding carboxylic acids is 9. The number of amides is 9. The molecule has 5 aliphatic rings. The molecule has 0 aromatic heterocycles. The number of rotatable bonds is 50. The average Bonchev–Trinajstić information content (AvgIpc) is 1.58. The van der Waals surface area contributed by atoms with Gasteiger partial charge in [-0.15, -0.1) is 0 Å². The summed E-state index contributed by atoms with van der Waals surface area (Å²) in [7, 11) is 0. The minimum Gasteiger partial charge on any atom is -0.394 e. The third kappa shape index (κ3) is 31.0. The second-order valence-electron chi connectivity index (χ2n) is 27.4. The van der Waals surface area contributed by atoms with Gasteiger partial charge in [-0.25, -0.2) is 0 Å². The third-order valence-corrected chi connectivity index (χ3v) is 18.7. The summed E-state index contributed by atoms with van der Waals surface area (Å²) in [5, 5.41) is 117. The summed E-state index contributed by atoms with van der Waals surface area (Å²) in [6.07, 6.45) is -1.32. The molecule has 16 unspecified atom stereocenters. The first-order valence-electron chi connectivity index (χ1n) is 36.8. The number of hydrogen-bond acceptors (Lipinski definition) is 25. The van der Waals surface area contributed by atoms with E-state index in [9.17, 15) is 89.1 Å². The van der Waals surface area contributed by atoms with E-state index in [0.29, 0.717) is 109 Å². The number of nitrogens with one attached hydrogen (secondary N) is 9. The van der Waals surface area contributed by atoms with E-state index < -0.39 is 170 Å². The Morgan fingerprint density at radius 3 is 1.25 bits per heavy atom. The smallest absolute Gasteiger partial charge is 0.249 e. The number of aliphatic hydroxyl groups excluding tert-OH is 9. The molecule has 1 saturated carbocycles. The lowest BCUT2D eigenvalue weighted by atomic mass is 9.95. The maximum atomic E-state index is 13.9. The van der Waals surface area contributed by atoms with Crippen LogP contribution in [0.4, 0.5) is 0 Å². The van der Waals surface area contributed by atoms with Gasteiger partial charge in [-0.2, -0.15) is 0 Å². The summed E-state index contributed by atoms with van der Waals surface area (Å²) in [5.41, 5.74) is -0.907. The zero-order chi connectivity index (χ0) is 74.6. The van der Waals surface area contributed by atoms with Crippen LogP contribution in [0.3, 0.4) is 0 Å². The molecule has 1 aliphatic carbocycles. The number of aliphatic hydroxyl groups is 9. The molecule has 4 saturated heterocycles. The quantitative estimate of drug-likeness (QED) is 0.0270. The van der Waals surface area contributed by atoms with E-state index >= 15 is 0 Å². The molecule has 4 heterocycles. The Hall–Kier alpha value is -5.41. The Balaban J connectivity index is 1.11. The SMILES string of the molecule is CC(=O)NC1C(OCCCCCCNC(=O)CCC(NC(=O)CCC(NC(=O)CCCCCCCCCNC(=O)[C@H]2C[C@@H](O)CO2)C(=O)NCCCCCCOC2OC(CO)C(O)C(O)C2NC(C)=O)C(=O)NCCCCCCOC2OC3(CC3)C(O)C(O)C2NC(C)=O)OC(CO)C(O)C1O. The molecule has 0 bridgehead atoms. The highest BCUT2D eigenvalue weighted by atomic mass is 16.7. The maximum absolute atomic E-state index is 13.9. The molecule has 102 heavy (non-hydrogen) atoms. The van der Waals surface area contributed by atoms with Crippen molar-refractivity contribution in [1.29, 1.82) is 0 Å². The Morgan fingerprint density at radius 2 is 0.824 bits per heavy atom. The maximum Gasteiger partial charge on any atom is 0.249 e. The van der Waals surface area contributed by atoms with Gasteiger partial charge in [-0.1, -0.05) is 70.6 Å². The average molecular weight is 1460 g/mol. The van der Waals surface area contributed by atoms with Crippen LogP contribution < -0.4 is 47.9 Å². The molecule has 0 aromatic carbocycles. The van der Waals surface area contributed by atoms with E-state index in [4.69, 9.17) is 33.2 Å². The van der Waals surface area contributed by atoms with Gasteiger partial charge in [-0.05, 0) is 77.0 Å². The standard InChI is InChI=1S/C68H119N9O25/c1-41(80)73-53-58(89)56(87)48(38-78)100-65(53)96-34-20-12-9-16-30-69-50(84)26-24-45(62(93)70-31-19-11-14-22-36-98-67-55(75-43(3)82)60(91)61(92)68(102-67)28-29-68)77-52(86)27-25-46(76-51(85)23-15-7-5-4-6-8-17-33-72-64(95)47-37-44(83)40-99-47)63(94)71-32-18-10-13-21-35-97-66-54(74-42(2)81)59(90)57(88)49(39-79)101-66/h44-49,53-61,65-67,78-79,83,87-92H,4-40H2,1-3H3,(H,69,84)(H,70,93)(H,71,94)(H,72,95)(H,73,80)(H,74,81)(H,75,82)(H,76,85)(H,77,86)/t44-,45?,46?,47-,48?,49?,53?,54?,55?,56?,57?,58?,59?,60?,61?,65?,66?,67?/m1/s1. The molecule has 4 aliphatic heterocycles. The molecular formula is C68H119N9O25. The molecule has 0 radical (unpaired) electrons. The molecule has 18 atom stereocenters. The molecule has 0 aromatic rings. The van der Waals surface area contributed by atoms with Crippen molar-refractivity contribution in [3.8, 4) is 0 Å². The molecule has 5 rings (SSSR count). The van der Waals surface area contributed by atoms with Crippen molar-refractivity contribution in [3.05, 3.63) is 0 Å². The van der Waals surface area contributed by atoms with Crippen LogP contribution in [0.1, 0.15) is 194 Å². The van der Waals surface area contributed by atoms with Crippen LogP contribution in [0.5, 0.6) is 0 Å². The van der Waals surface area contributed by atoms with Crippen LogP contribution in [0, 0.1) is 0 Å². The van der Waals surface area contributed by atoms with E-state index in [1.165, 1.54) is 20.8 Å². The summed E-state index contributed by atoms with van der Waals surface area (Å²) >= 11 is 0. The van der Waals surface area contributed by atoms with E-state index in [0.717, 1.165) is 38.5 Å². The second kappa shape index (κ2) is 47.2. The lowest BCUT2D eigenvalue weighted by Gasteiger charge is -2.43. The van der Waals surface area contributed by atoms with E-state index in [1.54, 1.807) is 0 Å². The van der Waals surface area contributed by atoms with Crippen molar-refractivity contribution in [1.82, 2.24) is 47.9 Å². The summed E-state index contributed by atoms with van der Waals surface area (Å²) in [6, 6.07) is -5.42. The predicted octanol–water partition coefficient (Wildman–Crippen LogP) is -3.01. The lowest BCUT2D eigenvalue weighted by Crippen LogP contribution is -2.64. The fourth-order valence-corrected chi connectivity index (χ4v) is 12.7. The molecular weight excluding hydrogens is 1340 g/mol. The fraction of sp³-hybridized carbons (Fsp3) is 0.868. The van der Waals surface area contributed by atoms with Crippen LogP contribution >= 0.6 is 0 Å². The topological polar surface area (TPSA) is 509 Å². The van der Waals surface area contributed by atoms with Crippen molar-refractivity contribution >= 4 is 53.2 Å². The molecule has 34 nitrogen and oxygen atoms in total. The predicted molar refractivity (Wildman–Crippen MR) is 362 cm³/mol. The van der Waals surface area contributed by atoms with Gasteiger partial charge in [0.25, 0.3) is 0 Å². The number of hydrogen-bond donors (Lipinski definition) is 18. The zero-order valence-electron chi connectivity index (χ0n) is 59.6. The Morgan fingerprint density at radius 1 is 0.441 bits per heavy atom. The van der Waals surface area contributed by atoms with Gasteiger partial charge in [0.1, 0.15) is 90.7 Å². The largest absolute Gasteiger partial charge is 0.394 e. The van der Waals surface area contributed by atoms with Crippen LogP contribution in [0.25, 0.3) is 0 Å². The van der Waals surface area contributed by atoms with Crippen molar-refractivity contribution in [2.24, 2.45) is 0 Å². The van der Waals surface area contributed by atoms with Crippen molar-refractivity contribution < 1.29 is 122 Å². The van der Waals surface area contributed by atoms with Crippen molar-refractivity contribution in [2.75, 3.05) is 65.8 Å². The van der Waals surface area contributed by atoms with Crippen LogP contribution in [0.15, 0.2) is 0 Å². The second-order valence-corrected chi connectivity index (χ2v) is 27.4. The van der Waals surface area contributed by atoms with Gasteiger partial charge in [0.15, 0.2) is 18.9 Å². The highest BCUT2D eigenvalue weighted by molar-refractivity contribution is 5.90. The van der Waals surface area contributed by atoms with Gasteiger partial charge < -0.3 is 127 Å². The van der Waals surface area contributed by atoms with Crippen LogP contribution in [-0.4, -0.2) is 281 Å². The normalized spacial score (nSPS) is 27.9. The minimum absolute atomic E-state index is 0.0869. The van der Waals surface area contributed by atoms with Crippen LogP contribution in [0.2, 0.25) is 0 Å². The van der Waals surface area contributed by atoms with Gasteiger partial charge in [0, 0.05) is 92.5 Å². The van der Waals surface area contributed by atoms with Crippen molar-refractivity contribution in [3.63, 3.8) is 0 Å². The monoisotopic (exact) mass is 1460 g/mol. The minimum atomic E-state index is -1.46. The lowest BCUT2D eigenvalue weighted by molar-refractivity contribution is -0.275. The van der Waals surface area contributed by atoms with E-state index in [-0.39, 0.29) is 89.9 Å². The van der Waals surface area contributed by atoms with E-state index in [2.05, 4.69) is 47.9 Å². The molecule has 9 amide bonds. The van der Waals surface area contributed by atoms with Crippen LogP contribution in [-0.2, 0) is 76.3 Å². The molecule has 1 spiro atoms. The first-order valence-corrected chi connectivity index (χ1v) is 36.8.